The van der Waals surface area contributed by atoms with Crippen LogP contribution in [0.3, 0.4) is 0 Å². The van der Waals surface area contributed by atoms with Crippen LogP contribution < -0.4 is 26.0 Å². The third kappa shape index (κ3) is 16.6. The van der Waals surface area contributed by atoms with E-state index in [2.05, 4.69) is 21.3 Å². The highest BCUT2D eigenvalue weighted by atomic mass is 16.6. The first-order valence-corrected chi connectivity index (χ1v) is 17.7. The van der Waals surface area contributed by atoms with Crippen molar-refractivity contribution in [3.8, 4) is 5.75 Å². The molecule has 14 nitrogen and oxygen atoms in total. The number of aliphatic hydroxyl groups excluding tert-OH is 2. The van der Waals surface area contributed by atoms with E-state index in [0.717, 1.165) is 11.1 Å². The SMILES string of the molecule is COc1ccc(C[C@H](NC(=O)OC(C)(C)C)C(=O)N(C)[C@@H](Cc2ccccc2)C(=O)N[C@@H](C)[C@@H](O)CC(=O)NCCCCCC(=O)NCCO)cc1. The number of rotatable bonds is 21. The van der Waals surface area contributed by atoms with Gasteiger partial charge in [-0.2, -0.15) is 0 Å². The molecule has 2 aromatic rings. The second-order valence-corrected chi connectivity index (χ2v) is 13.7. The van der Waals surface area contributed by atoms with Crippen molar-refractivity contribution in [2.75, 3.05) is 33.9 Å². The molecule has 0 saturated carbocycles. The van der Waals surface area contributed by atoms with Crippen molar-refractivity contribution in [3.63, 3.8) is 0 Å². The van der Waals surface area contributed by atoms with E-state index in [9.17, 15) is 29.1 Å². The molecule has 0 spiro atoms. The number of amides is 5. The summed E-state index contributed by atoms with van der Waals surface area (Å²) in [6.45, 7) is 7.20. The highest BCUT2D eigenvalue weighted by Gasteiger charge is 2.34. The van der Waals surface area contributed by atoms with Gasteiger partial charge in [-0.3, -0.25) is 19.2 Å². The number of likely N-dealkylation sites (N-methyl/N-ethyl adjacent to an activating group) is 1. The number of hydrogen-bond donors (Lipinski definition) is 6. The van der Waals surface area contributed by atoms with E-state index in [1.165, 1.54) is 11.9 Å². The number of nitrogens with one attached hydrogen (secondary N) is 4. The molecule has 4 atom stereocenters. The van der Waals surface area contributed by atoms with Gasteiger partial charge in [-0.25, -0.2) is 4.79 Å². The fraction of sp³-hybridized carbons (Fsp3) is 0.553. The fourth-order valence-corrected chi connectivity index (χ4v) is 5.24. The minimum atomic E-state index is -1.21. The van der Waals surface area contributed by atoms with Gasteiger partial charge in [-0.05, 0) is 63.8 Å². The minimum Gasteiger partial charge on any atom is -0.497 e. The second kappa shape index (κ2) is 22.3. The van der Waals surface area contributed by atoms with Gasteiger partial charge in [-0.1, -0.05) is 48.9 Å². The molecule has 0 aliphatic rings. The van der Waals surface area contributed by atoms with Crippen molar-refractivity contribution in [1.29, 1.82) is 0 Å². The Hall–Kier alpha value is -4.69. The van der Waals surface area contributed by atoms with Gasteiger partial charge in [0.15, 0.2) is 0 Å². The zero-order valence-electron chi connectivity index (χ0n) is 31.3. The first-order chi connectivity index (χ1) is 24.6. The molecule has 0 aliphatic carbocycles. The molecule has 52 heavy (non-hydrogen) atoms. The Morgan fingerprint density at radius 1 is 0.827 bits per heavy atom. The maximum Gasteiger partial charge on any atom is 0.408 e. The number of aliphatic hydroxyl groups is 2. The summed E-state index contributed by atoms with van der Waals surface area (Å²) in [7, 11) is 3.04. The maximum absolute atomic E-state index is 14.1. The minimum absolute atomic E-state index is 0.107. The molecule has 0 fully saturated rings. The Balaban J connectivity index is 2.11. The van der Waals surface area contributed by atoms with Crippen LogP contribution in [-0.4, -0.2) is 109 Å². The van der Waals surface area contributed by atoms with Gasteiger partial charge in [0.2, 0.25) is 23.6 Å². The van der Waals surface area contributed by atoms with Crippen LogP contribution in [0.25, 0.3) is 0 Å². The molecular formula is C38H57N5O9. The molecule has 2 rings (SSSR count). The van der Waals surface area contributed by atoms with Crippen LogP contribution in [0.2, 0.25) is 0 Å². The lowest BCUT2D eigenvalue weighted by Gasteiger charge is -2.33. The lowest BCUT2D eigenvalue weighted by atomic mass is 10.00. The van der Waals surface area contributed by atoms with Crippen LogP contribution >= 0.6 is 0 Å². The lowest BCUT2D eigenvalue weighted by Crippen LogP contribution is -2.57. The zero-order chi connectivity index (χ0) is 38.7. The number of alkyl carbamates (subject to hydrolysis) is 1. The normalized spacial score (nSPS) is 13.5. The van der Waals surface area contributed by atoms with E-state index in [1.54, 1.807) is 59.1 Å². The summed E-state index contributed by atoms with van der Waals surface area (Å²) in [6.07, 6.45) is 0.323. The van der Waals surface area contributed by atoms with E-state index in [1.807, 2.05) is 30.3 Å². The number of carbonyl (C=O) groups excluding carboxylic acids is 5. The zero-order valence-corrected chi connectivity index (χ0v) is 31.3. The fourth-order valence-electron chi connectivity index (χ4n) is 5.24. The maximum atomic E-state index is 14.1. The van der Waals surface area contributed by atoms with Gasteiger partial charge in [0.25, 0.3) is 0 Å². The molecule has 0 unspecified atom stereocenters. The van der Waals surface area contributed by atoms with Gasteiger partial charge < -0.3 is 45.9 Å². The Kier molecular flexibility index (Phi) is 18.6. The van der Waals surface area contributed by atoms with E-state index in [4.69, 9.17) is 14.6 Å². The molecule has 0 saturated heterocycles. The number of methoxy groups -OCH3 is 1. The van der Waals surface area contributed by atoms with Crippen LogP contribution in [0.4, 0.5) is 4.79 Å². The molecule has 0 heterocycles. The summed E-state index contributed by atoms with van der Waals surface area (Å²) in [6, 6.07) is 13.2. The Morgan fingerprint density at radius 2 is 1.46 bits per heavy atom. The van der Waals surface area contributed by atoms with Gasteiger partial charge in [0, 0.05) is 39.4 Å². The molecule has 0 aliphatic heterocycles. The molecule has 288 valence electrons. The van der Waals surface area contributed by atoms with Crippen molar-refractivity contribution in [1.82, 2.24) is 26.2 Å². The molecular weight excluding hydrogens is 670 g/mol. The summed E-state index contributed by atoms with van der Waals surface area (Å²) in [4.78, 5) is 66.3. The molecule has 14 heteroatoms. The van der Waals surface area contributed by atoms with Crippen LogP contribution in [0, 0.1) is 0 Å². The topological polar surface area (TPSA) is 196 Å². The molecule has 5 amide bonds. The third-order valence-electron chi connectivity index (χ3n) is 8.16. The molecule has 2 aromatic carbocycles. The van der Waals surface area contributed by atoms with E-state index in [0.29, 0.717) is 38.0 Å². The number of benzene rings is 2. The van der Waals surface area contributed by atoms with Gasteiger partial charge in [0.05, 0.1) is 32.3 Å². The first-order valence-electron chi connectivity index (χ1n) is 17.7. The van der Waals surface area contributed by atoms with Crippen molar-refractivity contribution < 1.29 is 43.7 Å². The highest BCUT2D eigenvalue weighted by molar-refractivity contribution is 5.91. The van der Waals surface area contributed by atoms with Crippen molar-refractivity contribution in [2.24, 2.45) is 0 Å². The summed E-state index contributed by atoms with van der Waals surface area (Å²) < 4.78 is 10.7. The third-order valence-corrected chi connectivity index (χ3v) is 8.16. The predicted molar refractivity (Wildman–Crippen MR) is 196 cm³/mol. The highest BCUT2D eigenvalue weighted by Crippen LogP contribution is 2.17. The number of ether oxygens (including phenoxy) is 2. The standard InChI is InChI=1S/C38H57N5O9/c1-26(32(45)25-34(47)39-20-12-8-11-15-33(46)40-21-22-44)41-35(48)31(24-27-13-9-7-10-14-27)43(5)36(49)30(42-37(50)52-38(2,3)4)23-28-16-18-29(51-6)19-17-28/h7,9-10,13-14,16-19,26,30-32,44-45H,8,11-12,15,20-25H2,1-6H3,(H,39,47)(H,40,46)(H,41,48)(H,42,50)/t26-,30-,31-,32-/m0/s1. The predicted octanol–water partition coefficient (Wildman–Crippen LogP) is 2.24. The quantitative estimate of drug-likeness (QED) is 0.105. The van der Waals surface area contributed by atoms with E-state index >= 15 is 0 Å². The summed E-state index contributed by atoms with van der Waals surface area (Å²) in [5, 5.41) is 30.4. The van der Waals surface area contributed by atoms with Crippen LogP contribution in [0.1, 0.15) is 70.9 Å². The number of carbonyl (C=O) groups is 5. The van der Waals surface area contributed by atoms with Gasteiger partial charge in [0.1, 0.15) is 23.4 Å². The van der Waals surface area contributed by atoms with Crippen LogP contribution in [0.5, 0.6) is 5.75 Å². The summed E-state index contributed by atoms with van der Waals surface area (Å²) in [5.41, 5.74) is 0.713. The molecule has 0 aromatic heterocycles. The van der Waals surface area contributed by atoms with Gasteiger partial charge >= 0.3 is 6.09 Å². The number of nitrogens with zero attached hydrogens (tertiary/aromatic N) is 1. The molecule has 0 bridgehead atoms. The van der Waals surface area contributed by atoms with Crippen molar-refractivity contribution in [2.45, 2.75) is 102 Å². The second-order valence-electron chi connectivity index (χ2n) is 13.7. The van der Waals surface area contributed by atoms with Crippen LogP contribution in [-0.2, 0) is 36.8 Å². The lowest BCUT2D eigenvalue weighted by molar-refractivity contribution is -0.141. The first kappa shape index (κ1) is 43.5. The van der Waals surface area contributed by atoms with Crippen molar-refractivity contribution in [3.05, 3.63) is 65.7 Å². The average molecular weight is 728 g/mol. The van der Waals surface area contributed by atoms with Crippen LogP contribution in [0.15, 0.2) is 54.6 Å². The Morgan fingerprint density at radius 3 is 2.08 bits per heavy atom. The van der Waals surface area contributed by atoms with E-state index < -0.39 is 53.6 Å². The summed E-state index contributed by atoms with van der Waals surface area (Å²) >= 11 is 0. The Labute approximate surface area is 307 Å². The Bertz CT molecular complexity index is 1420. The summed E-state index contributed by atoms with van der Waals surface area (Å²) in [5.74, 6) is -0.973. The average Bonchev–Trinajstić information content (AvgIpc) is 3.10. The van der Waals surface area contributed by atoms with Gasteiger partial charge in [-0.15, -0.1) is 0 Å². The number of hydrogen-bond acceptors (Lipinski definition) is 9. The monoisotopic (exact) mass is 727 g/mol. The van der Waals surface area contributed by atoms with E-state index in [-0.39, 0.29) is 38.3 Å². The van der Waals surface area contributed by atoms with Crippen molar-refractivity contribution >= 4 is 29.7 Å². The largest absolute Gasteiger partial charge is 0.497 e. The smallest absolute Gasteiger partial charge is 0.408 e. The molecule has 0 radical (unpaired) electrons. The number of unbranched alkanes of at least 4 members (excludes halogenated alkanes) is 2. The molecule has 6 N–H and O–H groups in total.